The first kappa shape index (κ1) is 40.8. The standard InChI is InChI=1S/C47H48BrN7O6/c1-46(2)44(47(3,4)45(46)61-32-14-8-28(25-49)36(48)24-32)54-26-37-34(41(54)58)15-10-29(50-37)9-5-27-6-11-30(12-7-27)52-19-21-53(22-20-52)31-13-16-33-35(23-31)43(60)55(42(33)59)38-17-18-39(56)51-40(38)57/h8,10,13-16,23-24,27,30,38,44-45H,6-7,11-12,17-22,26H2,1-4H3,(H,51,56,57). The number of nitriles is 1. The average Bonchev–Trinajstić information content (AvgIpc) is 3.68. The monoisotopic (exact) mass is 885 g/mol. The Kier molecular flexibility index (Phi) is 10.3. The fourth-order valence-electron chi connectivity index (χ4n) is 11.3. The predicted molar refractivity (Wildman–Crippen MR) is 228 cm³/mol. The highest BCUT2D eigenvalue weighted by Crippen LogP contribution is 2.59. The number of hydrogen-bond donors (Lipinski definition) is 1. The lowest BCUT2D eigenvalue weighted by Gasteiger charge is -2.65. The van der Waals surface area contributed by atoms with Gasteiger partial charge in [0.2, 0.25) is 11.8 Å². The summed E-state index contributed by atoms with van der Waals surface area (Å²) < 4.78 is 7.21. The highest BCUT2D eigenvalue weighted by molar-refractivity contribution is 9.10. The van der Waals surface area contributed by atoms with E-state index < -0.39 is 29.7 Å². The smallest absolute Gasteiger partial charge is 0.262 e. The van der Waals surface area contributed by atoms with E-state index in [0.29, 0.717) is 50.8 Å². The fraction of sp³-hybridized carbons (Fsp3) is 0.468. The van der Waals surface area contributed by atoms with Crippen molar-refractivity contribution < 1.29 is 28.7 Å². The van der Waals surface area contributed by atoms with Crippen molar-refractivity contribution in [3.8, 4) is 23.7 Å². The van der Waals surface area contributed by atoms with Crippen molar-refractivity contribution in [1.82, 2.24) is 25.0 Å². The molecule has 13 nitrogen and oxygen atoms in total. The molecule has 3 aromatic rings. The van der Waals surface area contributed by atoms with E-state index in [0.717, 1.165) is 68.1 Å². The minimum Gasteiger partial charge on any atom is -0.489 e. The maximum absolute atomic E-state index is 13.8. The molecule has 0 spiro atoms. The lowest BCUT2D eigenvalue weighted by molar-refractivity contribution is -0.199. The van der Waals surface area contributed by atoms with Gasteiger partial charge >= 0.3 is 0 Å². The van der Waals surface area contributed by atoms with Gasteiger partial charge in [-0.1, -0.05) is 33.6 Å². The first-order chi connectivity index (χ1) is 29.1. The molecule has 2 aliphatic carbocycles. The maximum Gasteiger partial charge on any atom is 0.262 e. The van der Waals surface area contributed by atoms with Gasteiger partial charge in [0, 0.05) is 71.6 Å². The quantitative estimate of drug-likeness (QED) is 0.241. The molecule has 1 atom stereocenters. The van der Waals surface area contributed by atoms with Gasteiger partial charge in [-0.2, -0.15) is 5.26 Å². The van der Waals surface area contributed by atoms with Crippen LogP contribution in [0.5, 0.6) is 5.75 Å². The van der Waals surface area contributed by atoms with Gasteiger partial charge in [-0.3, -0.25) is 39.1 Å². The molecule has 0 bridgehead atoms. The zero-order chi connectivity index (χ0) is 43.0. The molecule has 2 saturated carbocycles. The maximum atomic E-state index is 13.8. The highest BCUT2D eigenvalue weighted by Gasteiger charge is 2.67. The highest BCUT2D eigenvalue weighted by atomic mass is 79.9. The van der Waals surface area contributed by atoms with Crippen molar-refractivity contribution in [3.63, 3.8) is 0 Å². The van der Waals surface area contributed by atoms with Gasteiger partial charge in [-0.05, 0) is 102 Å². The first-order valence-corrected chi connectivity index (χ1v) is 22.0. The lowest BCUT2D eigenvalue weighted by atomic mass is 9.49. The largest absolute Gasteiger partial charge is 0.489 e. The Hall–Kier alpha value is -5.57. The third-order valence-electron chi connectivity index (χ3n) is 13.9. The van der Waals surface area contributed by atoms with Crippen LogP contribution in [0.25, 0.3) is 0 Å². The zero-order valence-electron chi connectivity index (χ0n) is 34.8. The Morgan fingerprint density at radius 3 is 2.21 bits per heavy atom. The number of fused-ring (bicyclic) bond motifs is 2. The number of piperidine rings is 1. The van der Waals surface area contributed by atoms with Crippen LogP contribution in [0.2, 0.25) is 0 Å². The molecule has 9 rings (SSSR count). The van der Waals surface area contributed by atoms with Crippen LogP contribution in [0.4, 0.5) is 5.69 Å². The molecule has 2 aromatic carbocycles. The van der Waals surface area contributed by atoms with Crippen LogP contribution in [0.15, 0.2) is 53.0 Å². The van der Waals surface area contributed by atoms with Crippen molar-refractivity contribution in [2.45, 2.75) is 97.0 Å². The van der Waals surface area contributed by atoms with Crippen LogP contribution < -0.4 is 15.0 Å². The van der Waals surface area contributed by atoms with Crippen LogP contribution in [0.1, 0.15) is 114 Å². The van der Waals surface area contributed by atoms with Crippen LogP contribution in [0, 0.1) is 39.9 Å². The summed E-state index contributed by atoms with van der Waals surface area (Å²) in [4.78, 5) is 77.1. The number of nitrogens with zero attached hydrogens (tertiary/aromatic N) is 6. The third-order valence-corrected chi connectivity index (χ3v) is 14.5. The Morgan fingerprint density at radius 1 is 0.820 bits per heavy atom. The second-order valence-electron chi connectivity index (χ2n) is 18.4. The van der Waals surface area contributed by atoms with E-state index in [1.165, 1.54) is 0 Å². The van der Waals surface area contributed by atoms with Gasteiger partial charge < -0.3 is 14.5 Å². The average molecular weight is 887 g/mol. The second kappa shape index (κ2) is 15.4. The van der Waals surface area contributed by atoms with Gasteiger partial charge in [0.15, 0.2) is 0 Å². The van der Waals surface area contributed by atoms with Crippen molar-refractivity contribution >= 4 is 51.2 Å². The molecule has 4 fully saturated rings. The molecule has 5 amide bonds. The molecule has 1 N–H and O–H groups in total. The normalized spacial score (nSPS) is 26.8. The number of nitrogens with one attached hydrogen (secondary N) is 1. The van der Waals surface area contributed by atoms with Crippen molar-refractivity contribution in [2.75, 3.05) is 31.1 Å². The molecule has 5 heterocycles. The SMILES string of the molecule is CC1(C)C(Oc2ccc(C#N)c(Br)c2)C(C)(C)C1N1Cc2nc(C#CC3CCC(N4CCN(c5ccc6c(c5)C(=O)N(C5CCC(=O)NC5=O)C6=O)CC4)CC3)ccc2C1=O. The summed E-state index contributed by atoms with van der Waals surface area (Å²) >= 11 is 3.47. The van der Waals surface area contributed by atoms with E-state index in [1.807, 2.05) is 35.2 Å². The number of aromatic nitrogens is 1. The molecule has 2 saturated heterocycles. The first-order valence-electron chi connectivity index (χ1n) is 21.2. The molecule has 1 unspecified atom stereocenters. The number of ether oxygens (including phenoxy) is 1. The van der Waals surface area contributed by atoms with E-state index in [1.54, 1.807) is 18.2 Å². The molecule has 0 radical (unpaired) electrons. The summed E-state index contributed by atoms with van der Waals surface area (Å²) in [5.41, 5.74) is 3.43. The number of carbonyl (C=O) groups is 5. The molecular formula is C47H48BrN7O6. The van der Waals surface area contributed by atoms with Crippen molar-refractivity contribution in [1.29, 1.82) is 5.26 Å². The van der Waals surface area contributed by atoms with Crippen LogP contribution in [-0.4, -0.2) is 99.6 Å². The summed E-state index contributed by atoms with van der Waals surface area (Å²) in [6, 6.07) is 16.1. The third kappa shape index (κ3) is 7.07. The summed E-state index contributed by atoms with van der Waals surface area (Å²) in [5, 5.41) is 11.6. The van der Waals surface area contributed by atoms with Gasteiger partial charge in [0.25, 0.3) is 17.7 Å². The summed E-state index contributed by atoms with van der Waals surface area (Å²) in [6.45, 7) is 12.4. The van der Waals surface area contributed by atoms with E-state index in [2.05, 4.69) is 76.7 Å². The van der Waals surface area contributed by atoms with Crippen molar-refractivity contribution in [3.05, 3.63) is 86.6 Å². The number of pyridine rings is 1. The Labute approximate surface area is 363 Å². The van der Waals surface area contributed by atoms with Gasteiger partial charge in [-0.15, -0.1) is 0 Å². The number of imide groups is 2. The topological polar surface area (TPSA) is 156 Å². The molecular weight excluding hydrogens is 838 g/mol. The van der Waals surface area contributed by atoms with E-state index >= 15 is 0 Å². The predicted octanol–water partition coefficient (Wildman–Crippen LogP) is 5.69. The molecule has 6 aliphatic rings. The van der Waals surface area contributed by atoms with E-state index in [4.69, 9.17) is 9.72 Å². The van der Waals surface area contributed by atoms with Crippen molar-refractivity contribution in [2.24, 2.45) is 16.7 Å². The number of piperazine rings is 1. The van der Waals surface area contributed by atoms with Gasteiger partial charge in [0.05, 0.1) is 34.5 Å². The molecule has 1 aromatic heterocycles. The Bertz CT molecular complexity index is 2470. The number of benzene rings is 2. The summed E-state index contributed by atoms with van der Waals surface area (Å²) in [6.07, 6.45) is 4.20. The number of amides is 5. The minimum absolute atomic E-state index is 0.0101. The second-order valence-corrected chi connectivity index (χ2v) is 19.2. The summed E-state index contributed by atoms with van der Waals surface area (Å²) in [5.74, 6) is 5.81. The molecule has 61 heavy (non-hydrogen) atoms. The number of hydrogen-bond acceptors (Lipinski definition) is 10. The van der Waals surface area contributed by atoms with Crippen LogP contribution >= 0.6 is 15.9 Å². The Morgan fingerprint density at radius 2 is 1.52 bits per heavy atom. The van der Waals surface area contributed by atoms with Crippen LogP contribution in [-0.2, 0) is 16.1 Å². The molecule has 314 valence electrons. The number of anilines is 1. The number of rotatable bonds is 6. The summed E-state index contributed by atoms with van der Waals surface area (Å²) in [7, 11) is 0. The fourth-order valence-corrected chi connectivity index (χ4v) is 11.7. The van der Waals surface area contributed by atoms with Crippen LogP contribution in [0.3, 0.4) is 0 Å². The molecule has 4 aliphatic heterocycles. The zero-order valence-corrected chi connectivity index (χ0v) is 36.4. The minimum atomic E-state index is -0.978. The lowest BCUT2D eigenvalue weighted by Crippen LogP contribution is -2.74. The van der Waals surface area contributed by atoms with Gasteiger partial charge in [-0.25, -0.2) is 4.98 Å². The van der Waals surface area contributed by atoms with E-state index in [9.17, 15) is 29.2 Å². The van der Waals surface area contributed by atoms with E-state index in [-0.39, 0.29) is 47.6 Å². The molecule has 14 heteroatoms. The Balaban J connectivity index is 0.770. The van der Waals surface area contributed by atoms with Gasteiger partial charge in [0.1, 0.15) is 29.7 Å². The number of halogens is 1. The number of carbonyl (C=O) groups excluding carboxylic acids is 5.